The third-order valence-electron chi connectivity index (χ3n) is 5.37. The van der Waals surface area contributed by atoms with Crippen molar-refractivity contribution in [2.24, 2.45) is 0 Å². The molecule has 0 aliphatic rings. The summed E-state index contributed by atoms with van der Waals surface area (Å²) in [6, 6.07) is 7.21. The average Bonchev–Trinajstić information content (AvgIpc) is 3.39. The van der Waals surface area contributed by atoms with Gasteiger partial charge in [-0.1, -0.05) is 6.07 Å². The minimum atomic E-state index is -4.60. The molecule has 0 spiro atoms. The number of aromatic amines is 1. The monoisotopic (exact) mass is 454 g/mol. The molecule has 0 saturated heterocycles. The third kappa shape index (κ3) is 3.57. The van der Waals surface area contributed by atoms with E-state index in [9.17, 15) is 17.6 Å². The van der Waals surface area contributed by atoms with Crippen LogP contribution in [0.25, 0.3) is 38.8 Å². The molecule has 0 radical (unpaired) electrons. The van der Waals surface area contributed by atoms with Gasteiger partial charge in [0, 0.05) is 47.3 Å². The van der Waals surface area contributed by atoms with Gasteiger partial charge >= 0.3 is 6.18 Å². The Morgan fingerprint density at radius 3 is 2.58 bits per heavy atom. The fourth-order valence-electron chi connectivity index (χ4n) is 3.91. The molecule has 0 aliphatic carbocycles. The Morgan fingerprint density at radius 2 is 1.91 bits per heavy atom. The maximum absolute atomic E-state index is 14.5. The van der Waals surface area contributed by atoms with Gasteiger partial charge in [0.05, 0.1) is 22.3 Å². The first-order valence-corrected chi connectivity index (χ1v) is 10.2. The van der Waals surface area contributed by atoms with E-state index >= 15 is 0 Å². The van der Waals surface area contributed by atoms with Crippen molar-refractivity contribution in [3.63, 3.8) is 0 Å². The van der Waals surface area contributed by atoms with Gasteiger partial charge in [-0.15, -0.1) is 0 Å². The fourth-order valence-corrected chi connectivity index (χ4v) is 3.91. The Bertz CT molecular complexity index is 1480. The number of hydrogen-bond donors (Lipinski definition) is 2. The van der Waals surface area contributed by atoms with Crippen molar-refractivity contribution >= 4 is 27.6 Å². The maximum atomic E-state index is 14.5. The molecular weight excluding hydrogens is 436 g/mol. The summed E-state index contributed by atoms with van der Waals surface area (Å²) >= 11 is 0. The molecule has 6 nitrogen and oxygen atoms in total. The largest absolute Gasteiger partial charge is 0.435 e. The van der Waals surface area contributed by atoms with Gasteiger partial charge in [0.25, 0.3) is 0 Å². The number of rotatable bonds is 4. The molecule has 0 atom stereocenters. The second-order valence-corrected chi connectivity index (χ2v) is 7.61. The van der Waals surface area contributed by atoms with E-state index in [-0.39, 0.29) is 0 Å². The lowest BCUT2D eigenvalue weighted by Crippen LogP contribution is -2.08. The van der Waals surface area contributed by atoms with E-state index in [1.807, 2.05) is 19.9 Å². The van der Waals surface area contributed by atoms with E-state index in [0.717, 1.165) is 16.4 Å². The number of hydrogen-bond acceptors (Lipinski definition) is 4. The summed E-state index contributed by atoms with van der Waals surface area (Å²) in [6.45, 7) is 4.27. The first kappa shape index (κ1) is 20.9. The SMILES string of the molecule is CCNc1cc(F)cc2c1[nH]c1ncc(-c3ccc(C)nc3)c(-n3ccc(C(F)(F)F)n3)c12. The van der Waals surface area contributed by atoms with Crippen LogP contribution in [0, 0.1) is 12.7 Å². The zero-order valence-corrected chi connectivity index (χ0v) is 17.6. The highest BCUT2D eigenvalue weighted by molar-refractivity contribution is 6.15. The normalized spacial score (nSPS) is 12.1. The molecule has 2 N–H and O–H groups in total. The van der Waals surface area contributed by atoms with Gasteiger partial charge in [-0.3, -0.25) is 4.98 Å². The number of aryl methyl sites for hydroxylation is 1. The number of fused-ring (bicyclic) bond motifs is 3. The summed E-state index contributed by atoms with van der Waals surface area (Å²) in [4.78, 5) is 12.0. The second-order valence-electron chi connectivity index (χ2n) is 7.61. The summed E-state index contributed by atoms with van der Waals surface area (Å²) in [6.07, 6.45) is -0.188. The van der Waals surface area contributed by atoms with E-state index in [4.69, 9.17) is 0 Å². The van der Waals surface area contributed by atoms with Gasteiger partial charge in [-0.25, -0.2) is 14.1 Å². The Hall–Kier alpha value is -3.95. The number of alkyl halides is 3. The zero-order valence-electron chi connectivity index (χ0n) is 17.6. The topological polar surface area (TPSA) is 71.4 Å². The predicted molar refractivity (Wildman–Crippen MR) is 118 cm³/mol. The third-order valence-corrected chi connectivity index (χ3v) is 5.37. The first-order chi connectivity index (χ1) is 15.8. The Kier molecular flexibility index (Phi) is 4.80. The molecule has 5 rings (SSSR count). The maximum Gasteiger partial charge on any atom is 0.435 e. The van der Waals surface area contributed by atoms with Crippen molar-refractivity contribution in [3.8, 4) is 16.8 Å². The standard InChI is InChI=1S/C23H18F4N6/c1-3-28-17-9-14(24)8-15-19-21(33-7-6-18(32-33)23(25,26)27)16(11-30-22(19)31-20(15)17)13-5-4-12(2)29-10-13/h4-11,28H,3H2,1-2H3,(H,30,31). The summed E-state index contributed by atoms with van der Waals surface area (Å²) in [5, 5.41) is 7.84. The van der Waals surface area contributed by atoms with Gasteiger partial charge in [0.2, 0.25) is 0 Å². The number of benzene rings is 1. The summed E-state index contributed by atoms with van der Waals surface area (Å²) in [7, 11) is 0. The van der Waals surface area contributed by atoms with Crippen LogP contribution in [0.1, 0.15) is 18.3 Å². The molecule has 0 saturated carbocycles. The van der Waals surface area contributed by atoms with Gasteiger partial charge < -0.3 is 10.3 Å². The van der Waals surface area contributed by atoms with E-state index in [1.165, 1.54) is 18.3 Å². The quantitative estimate of drug-likeness (QED) is 0.334. The average molecular weight is 454 g/mol. The molecule has 0 fully saturated rings. The van der Waals surface area contributed by atoms with Gasteiger partial charge in [0.1, 0.15) is 11.5 Å². The van der Waals surface area contributed by atoms with Crippen molar-refractivity contribution in [1.29, 1.82) is 0 Å². The van der Waals surface area contributed by atoms with Crippen LogP contribution in [-0.2, 0) is 6.18 Å². The highest BCUT2D eigenvalue weighted by atomic mass is 19.4. The van der Waals surface area contributed by atoms with Crippen LogP contribution in [0.15, 0.2) is 48.9 Å². The molecule has 5 aromatic rings. The Balaban J connectivity index is 1.89. The van der Waals surface area contributed by atoms with Crippen LogP contribution >= 0.6 is 0 Å². The van der Waals surface area contributed by atoms with Crippen LogP contribution in [0.4, 0.5) is 23.2 Å². The molecule has 0 amide bonds. The summed E-state index contributed by atoms with van der Waals surface area (Å²) < 4.78 is 55.7. The minimum Gasteiger partial charge on any atom is -0.384 e. The predicted octanol–water partition coefficient (Wildman–Crippen LogP) is 5.86. The van der Waals surface area contributed by atoms with Crippen LogP contribution in [0.3, 0.4) is 0 Å². The summed E-state index contributed by atoms with van der Waals surface area (Å²) in [5.74, 6) is -0.482. The lowest BCUT2D eigenvalue weighted by Gasteiger charge is -2.12. The van der Waals surface area contributed by atoms with Crippen molar-refractivity contribution in [2.45, 2.75) is 20.0 Å². The molecule has 0 aliphatic heterocycles. The number of anilines is 1. The van der Waals surface area contributed by atoms with E-state index < -0.39 is 17.7 Å². The van der Waals surface area contributed by atoms with Gasteiger partial charge in [0.15, 0.2) is 5.69 Å². The second kappa shape index (κ2) is 7.58. The van der Waals surface area contributed by atoms with Crippen molar-refractivity contribution in [3.05, 3.63) is 66.1 Å². The van der Waals surface area contributed by atoms with Crippen LogP contribution in [-0.4, -0.2) is 31.3 Å². The van der Waals surface area contributed by atoms with Crippen LogP contribution in [0.2, 0.25) is 0 Å². The first-order valence-electron chi connectivity index (χ1n) is 10.2. The number of H-pyrrole nitrogens is 1. The molecule has 1 aromatic carbocycles. The van der Waals surface area contributed by atoms with E-state index in [2.05, 4.69) is 25.4 Å². The molecule has 4 aromatic heterocycles. The summed E-state index contributed by atoms with van der Waals surface area (Å²) in [5.41, 5.74) is 2.81. The molecule has 0 unspecified atom stereocenters. The van der Waals surface area contributed by atoms with Crippen LogP contribution in [0.5, 0.6) is 0 Å². The number of pyridine rings is 2. The molecule has 10 heteroatoms. The zero-order chi connectivity index (χ0) is 23.3. The van der Waals surface area contributed by atoms with Crippen molar-refractivity contribution in [1.82, 2.24) is 24.7 Å². The van der Waals surface area contributed by atoms with Gasteiger partial charge in [-0.2, -0.15) is 18.3 Å². The van der Waals surface area contributed by atoms with E-state index in [1.54, 1.807) is 18.5 Å². The number of nitrogens with zero attached hydrogens (tertiary/aromatic N) is 4. The molecule has 0 bridgehead atoms. The number of aromatic nitrogens is 5. The molecular formula is C23H18F4N6. The number of halogens is 4. The van der Waals surface area contributed by atoms with E-state index in [0.29, 0.717) is 51.0 Å². The molecule has 33 heavy (non-hydrogen) atoms. The highest BCUT2D eigenvalue weighted by Crippen LogP contribution is 2.39. The van der Waals surface area contributed by atoms with Crippen molar-refractivity contribution in [2.75, 3.05) is 11.9 Å². The highest BCUT2D eigenvalue weighted by Gasteiger charge is 2.34. The number of nitrogens with one attached hydrogen (secondary N) is 2. The molecule has 4 heterocycles. The minimum absolute atomic E-state index is 0.348. The van der Waals surface area contributed by atoms with Crippen molar-refractivity contribution < 1.29 is 17.6 Å². The smallest absolute Gasteiger partial charge is 0.384 e. The lowest BCUT2D eigenvalue weighted by atomic mass is 10.0. The lowest BCUT2D eigenvalue weighted by molar-refractivity contribution is -0.141. The fraction of sp³-hybridized carbons (Fsp3) is 0.174. The Labute approximate surface area is 185 Å². The molecule has 168 valence electrons. The van der Waals surface area contributed by atoms with Gasteiger partial charge in [-0.05, 0) is 38.1 Å². The van der Waals surface area contributed by atoms with Crippen LogP contribution < -0.4 is 5.32 Å². The Morgan fingerprint density at radius 1 is 1.09 bits per heavy atom.